The predicted octanol–water partition coefficient (Wildman–Crippen LogP) is 0.520. The molecular formula is C5H8N2O3S. The van der Waals surface area contributed by atoms with Crippen molar-refractivity contribution in [3.8, 4) is 0 Å². The van der Waals surface area contributed by atoms with Gasteiger partial charge in [0.05, 0.1) is 0 Å². The Morgan fingerprint density at radius 2 is 2.45 bits per heavy atom. The third-order valence-corrected chi connectivity index (χ3v) is 2.10. The molecule has 0 unspecified atom stereocenters. The summed E-state index contributed by atoms with van der Waals surface area (Å²) >= 11 is 4.01. The summed E-state index contributed by atoms with van der Waals surface area (Å²) in [5.74, 6) is -0.618. The van der Waals surface area contributed by atoms with E-state index in [1.165, 1.54) is 0 Å². The standard InChI is InChI=1S/C5H8N2O3S/c8-5(10-6-9)4-2-1-3-7(4)11/h4,11H,1-3H2/t4-/m0/s1. The fraction of sp³-hybridized carbons (Fsp3) is 0.800. The molecule has 62 valence electrons. The van der Waals surface area contributed by atoms with Crippen LogP contribution in [0.15, 0.2) is 5.34 Å². The molecule has 11 heavy (non-hydrogen) atoms. The van der Waals surface area contributed by atoms with Crippen LogP contribution in [-0.2, 0) is 9.63 Å². The molecule has 1 rings (SSSR count). The van der Waals surface area contributed by atoms with Crippen LogP contribution in [0.2, 0.25) is 0 Å². The Balaban J connectivity index is 2.45. The molecule has 0 aliphatic carbocycles. The maximum atomic E-state index is 10.8. The maximum Gasteiger partial charge on any atom is 0.356 e. The molecule has 6 heteroatoms. The van der Waals surface area contributed by atoms with Gasteiger partial charge >= 0.3 is 5.97 Å². The Kier molecular flexibility index (Phi) is 2.84. The number of thiol groups is 1. The minimum Gasteiger partial charge on any atom is -0.283 e. The van der Waals surface area contributed by atoms with E-state index < -0.39 is 12.0 Å². The van der Waals surface area contributed by atoms with Crippen LogP contribution in [0.25, 0.3) is 0 Å². The highest BCUT2D eigenvalue weighted by Gasteiger charge is 2.30. The van der Waals surface area contributed by atoms with Crippen LogP contribution in [0.1, 0.15) is 12.8 Å². The van der Waals surface area contributed by atoms with Crippen LogP contribution < -0.4 is 0 Å². The summed E-state index contributed by atoms with van der Waals surface area (Å²) < 4.78 is 1.55. The van der Waals surface area contributed by atoms with Crippen molar-refractivity contribution in [1.29, 1.82) is 0 Å². The van der Waals surface area contributed by atoms with E-state index in [0.717, 1.165) is 13.0 Å². The molecule has 1 saturated heterocycles. The third kappa shape index (κ3) is 1.90. The summed E-state index contributed by atoms with van der Waals surface area (Å²) in [6.07, 6.45) is 1.57. The Bertz CT molecular complexity index is 175. The van der Waals surface area contributed by atoms with Gasteiger partial charge in [-0.1, -0.05) is 12.8 Å². The first-order valence-electron chi connectivity index (χ1n) is 3.24. The topological polar surface area (TPSA) is 59.0 Å². The third-order valence-electron chi connectivity index (χ3n) is 1.62. The van der Waals surface area contributed by atoms with Crippen molar-refractivity contribution < 1.29 is 9.63 Å². The van der Waals surface area contributed by atoms with Gasteiger partial charge in [-0.15, -0.1) is 4.91 Å². The first-order valence-corrected chi connectivity index (χ1v) is 3.64. The minimum absolute atomic E-state index is 0.406. The fourth-order valence-electron chi connectivity index (χ4n) is 1.09. The zero-order chi connectivity index (χ0) is 8.27. The number of carbonyl (C=O) groups excluding carboxylic acids is 1. The van der Waals surface area contributed by atoms with Gasteiger partial charge < -0.3 is 0 Å². The highest BCUT2D eigenvalue weighted by molar-refractivity contribution is 7.77. The molecule has 1 heterocycles. The van der Waals surface area contributed by atoms with Crippen LogP contribution in [-0.4, -0.2) is 22.9 Å². The molecule has 0 radical (unpaired) electrons. The van der Waals surface area contributed by atoms with Crippen molar-refractivity contribution in [3.05, 3.63) is 4.91 Å². The quantitative estimate of drug-likeness (QED) is 0.378. The Labute approximate surface area is 69.2 Å². The van der Waals surface area contributed by atoms with E-state index >= 15 is 0 Å². The first kappa shape index (κ1) is 8.48. The predicted molar refractivity (Wildman–Crippen MR) is 40.6 cm³/mol. The van der Waals surface area contributed by atoms with Gasteiger partial charge in [0.2, 0.25) is 0 Å². The van der Waals surface area contributed by atoms with E-state index in [9.17, 15) is 9.70 Å². The summed E-state index contributed by atoms with van der Waals surface area (Å²) in [5, 5.41) is 2.05. The Morgan fingerprint density at radius 3 is 2.91 bits per heavy atom. The summed E-state index contributed by atoms with van der Waals surface area (Å²) in [7, 11) is 0. The lowest BCUT2D eigenvalue weighted by atomic mass is 10.2. The van der Waals surface area contributed by atoms with Gasteiger partial charge in [-0.3, -0.25) is 4.84 Å². The molecule has 5 nitrogen and oxygen atoms in total. The molecule has 0 aromatic carbocycles. The molecule has 0 N–H and O–H groups in total. The Morgan fingerprint density at radius 1 is 1.73 bits per heavy atom. The summed E-state index contributed by atoms with van der Waals surface area (Å²) in [6.45, 7) is 0.738. The average molecular weight is 176 g/mol. The second-order valence-corrected chi connectivity index (χ2v) is 2.82. The van der Waals surface area contributed by atoms with Gasteiger partial charge in [-0.25, -0.2) is 9.10 Å². The summed E-state index contributed by atoms with van der Waals surface area (Å²) in [6, 6.07) is -0.406. The monoisotopic (exact) mass is 176 g/mol. The average Bonchev–Trinajstić information content (AvgIpc) is 2.36. The highest BCUT2D eigenvalue weighted by Crippen LogP contribution is 2.19. The molecule has 1 atom stereocenters. The van der Waals surface area contributed by atoms with E-state index in [0.29, 0.717) is 6.42 Å². The molecule has 1 aliphatic rings. The summed E-state index contributed by atoms with van der Waals surface area (Å²) in [4.78, 5) is 24.3. The number of hydrogen-bond donors (Lipinski definition) is 1. The van der Waals surface area contributed by atoms with Crippen LogP contribution in [0.3, 0.4) is 0 Å². The van der Waals surface area contributed by atoms with E-state index in [1.807, 2.05) is 0 Å². The van der Waals surface area contributed by atoms with Gasteiger partial charge in [-0.2, -0.15) is 0 Å². The molecule has 0 amide bonds. The second kappa shape index (κ2) is 3.68. The molecule has 0 bridgehead atoms. The van der Waals surface area contributed by atoms with Crippen molar-refractivity contribution in [2.45, 2.75) is 18.9 Å². The second-order valence-electron chi connectivity index (χ2n) is 2.31. The highest BCUT2D eigenvalue weighted by atomic mass is 32.1. The van der Waals surface area contributed by atoms with Crippen molar-refractivity contribution >= 4 is 18.8 Å². The van der Waals surface area contributed by atoms with Crippen molar-refractivity contribution in [2.24, 2.45) is 5.34 Å². The van der Waals surface area contributed by atoms with E-state index in [-0.39, 0.29) is 0 Å². The van der Waals surface area contributed by atoms with Crippen LogP contribution in [0.5, 0.6) is 0 Å². The number of rotatable bonds is 2. The van der Waals surface area contributed by atoms with Gasteiger partial charge in [0.1, 0.15) is 6.04 Å². The molecule has 1 fully saturated rings. The van der Waals surface area contributed by atoms with E-state index in [1.54, 1.807) is 4.31 Å². The smallest absolute Gasteiger partial charge is 0.283 e. The molecule has 0 aromatic heterocycles. The van der Waals surface area contributed by atoms with Gasteiger partial charge in [-0.05, 0) is 12.8 Å². The molecule has 1 aliphatic heterocycles. The van der Waals surface area contributed by atoms with E-state index in [2.05, 4.69) is 23.0 Å². The van der Waals surface area contributed by atoms with Crippen LogP contribution in [0, 0.1) is 4.91 Å². The fourth-order valence-corrected chi connectivity index (χ4v) is 1.44. The van der Waals surface area contributed by atoms with Crippen molar-refractivity contribution in [3.63, 3.8) is 0 Å². The zero-order valence-corrected chi connectivity index (χ0v) is 6.66. The largest absolute Gasteiger partial charge is 0.356 e. The maximum absolute atomic E-state index is 10.8. The van der Waals surface area contributed by atoms with Crippen LogP contribution >= 0.6 is 12.8 Å². The first-order chi connectivity index (χ1) is 5.25. The Hall–Kier alpha value is -0.620. The van der Waals surface area contributed by atoms with Crippen molar-refractivity contribution in [2.75, 3.05) is 6.54 Å². The van der Waals surface area contributed by atoms with Gasteiger partial charge in [0, 0.05) is 6.54 Å². The van der Waals surface area contributed by atoms with Gasteiger partial charge in [0.25, 0.3) is 0 Å². The number of nitrogens with zero attached hydrogens (tertiary/aromatic N) is 2. The lowest BCUT2D eigenvalue weighted by Crippen LogP contribution is -2.29. The number of carbonyl (C=O) groups is 1. The summed E-state index contributed by atoms with van der Waals surface area (Å²) in [5.41, 5.74) is 0. The van der Waals surface area contributed by atoms with Gasteiger partial charge in [0.15, 0.2) is 5.34 Å². The zero-order valence-electron chi connectivity index (χ0n) is 5.77. The molecule has 0 aromatic rings. The lowest BCUT2D eigenvalue weighted by molar-refractivity contribution is -0.147. The van der Waals surface area contributed by atoms with E-state index in [4.69, 9.17) is 0 Å². The van der Waals surface area contributed by atoms with Crippen LogP contribution in [0.4, 0.5) is 0 Å². The minimum atomic E-state index is -0.618. The van der Waals surface area contributed by atoms with Crippen molar-refractivity contribution in [1.82, 2.24) is 4.31 Å². The SMILES string of the molecule is O=NOC(=O)[C@@H]1CCCN1S. The lowest BCUT2D eigenvalue weighted by Gasteiger charge is -2.12. The molecule has 0 spiro atoms. The number of hydrogen-bond acceptors (Lipinski definition) is 6. The normalized spacial score (nSPS) is 25.0. The molecule has 0 saturated carbocycles. The molecular weight excluding hydrogens is 168 g/mol.